The van der Waals surface area contributed by atoms with Gasteiger partial charge in [0.05, 0.1) is 12.8 Å². The number of nitrogens with zero attached hydrogens (tertiary/aromatic N) is 1. The molecule has 0 bridgehead atoms. The van der Waals surface area contributed by atoms with E-state index < -0.39 is 0 Å². The lowest BCUT2D eigenvalue weighted by atomic mass is 9.91. The smallest absolute Gasteiger partial charge is 0.122 e. The highest BCUT2D eigenvalue weighted by Crippen LogP contribution is 2.35. The number of pyridine rings is 1. The van der Waals surface area contributed by atoms with Crippen LogP contribution >= 0.6 is 0 Å². The molecule has 0 amide bonds. The van der Waals surface area contributed by atoms with Crippen molar-refractivity contribution in [3.8, 4) is 17.0 Å². The number of benzene rings is 1. The van der Waals surface area contributed by atoms with Gasteiger partial charge in [0.1, 0.15) is 5.75 Å². The largest absolute Gasteiger partial charge is 0.496 e. The maximum atomic E-state index is 5.64. The van der Waals surface area contributed by atoms with Gasteiger partial charge in [0.25, 0.3) is 0 Å². The van der Waals surface area contributed by atoms with Crippen molar-refractivity contribution >= 4 is 0 Å². The summed E-state index contributed by atoms with van der Waals surface area (Å²) in [6, 6.07) is 10.5. The fourth-order valence-electron chi connectivity index (χ4n) is 2.88. The molecule has 0 aliphatic rings. The van der Waals surface area contributed by atoms with Crippen molar-refractivity contribution in [3.05, 3.63) is 47.7 Å². The minimum absolute atomic E-state index is 0.995. The van der Waals surface area contributed by atoms with Gasteiger partial charge in [-0.2, -0.15) is 0 Å². The first-order valence-corrected chi connectivity index (χ1v) is 8.41. The molecule has 0 atom stereocenters. The Labute approximate surface area is 134 Å². The van der Waals surface area contributed by atoms with Crippen LogP contribution in [0.5, 0.6) is 5.75 Å². The Morgan fingerprint density at radius 3 is 2.36 bits per heavy atom. The van der Waals surface area contributed by atoms with E-state index in [1.165, 1.54) is 42.4 Å². The van der Waals surface area contributed by atoms with Gasteiger partial charge in [0.15, 0.2) is 0 Å². The van der Waals surface area contributed by atoms with Gasteiger partial charge in [-0.05, 0) is 49.4 Å². The van der Waals surface area contributed by atoms with E-state index in [1.54, 1.807) is 7.11 Å². The number of rotatable bonds is 8. The Balaban J connectivity index is 2.55. The van der Waals surface area contributed by atoms with Crippen LogP contribution in [0.1, 0.15) is 50.7 Å². The summed E-state index contributed by atoms with van der Waals surface area (Å²) in [4.78, 5) is 4.61. The van der Waals surface area contributed by atoms with Gasteiger partial charge >= 0.3 is 0 Å². The molecule has 0 aliphatic carbocycles. The van der Waals surface area contributed by atoms with E-state index in [4.69, 9.17) is 4.74 Å². The molecule has 2 nitrogen and oxygen atoms in total. The zero-order valence-corrected chi connectivity index (χ0v) is 14.1. The molecule has 1 aromatic heterocycles. The third-order valence-corrected chi connectivity index (χ3v) is 4.08. The molecular formula is C20H27NO. The Morgan fingerprint density at radius 2 is 1.73 bits per heavy atom. The van der Waals surface area contributed by atoms with Gasteiger partial charge in [-0.1, -0.05) is 38.8 Å². The summed E-state index contributed by atoms with van der Waals surface area (Å²) in [6.07, 6.45) is 8.80. The molecule has 0 fully saturated rings. The van der Waals surface area contributed by atoms with Crippen LogP contribution in [0.2, 0.25) is 0 Å². The van der Waals surface area contributed by atoms with Crippen LogP contribution in [-0.2, 0) is 12.8 Å². The molecule has 0 saturated heterocycles. The third-order valence-electron chi connectivity index (χ3n) is 4.08. The maximum Gasteiger partial charge on any atom is 0.122 e. The number of methoxy groups -OCH3 is 1. The van der Waals surface area contributed by atoms with Crippen molar-refractivity contribution < 1.29 is 4.74 Å². The predicted octanol–water partition coefficient (Wildman–Crippen LogP) is 5.44. The van der Waals surface area contributed by atoms with E-state index in [0.29, 0.717) is 0 Å². The number of unbranched alkanes of at least 4 members (excludes halogenated alkanes) is 2. The Hall–Kier alpha value is -1.83. The van der Waals surface area contributed by atoms with Gasteiger partial charge < -0.3 is 4.74 Å². The molecule has 0 unspecified atom stereocenters. The SMILES string of the molecule is CCCCc1ccc(OC)c(CCCC)c1-c1ccccn1. The highest BCUT2D eigenvalue weighted by molar-refractivity contribution is 5.71. The first-order chi connectivity index (χ1) is 10.8. The first-order valence-electron chi connectivity index (χ1n) is 8.41. The number of hydrogen-bond donors (Lipinski definition) is 0. The van der Waals surface area contributed by atoms with Crippen LogP contribution in [-0.4, -0.2) is 12.1 Å². The summed E-state index contributed by atoms with van der Waals surface area (Å²) in [6.45, 7) is 4.47. The minimum atomic E-state index is 0.995. The first kappa shape index (κ1) is 16.5. The standard InChI is InChI=1S/C20H27NO/c1-4-6-10-16-13-14-19(22-3)17(11-7-5-2)20(16)18-12-8-9-15-21-18/h8-9,12-15H,4-7,10-11H2,1-3H3. The lowest BCUT2D eigenvalue weighted by Crippen LogP contribution is -2.02. The molecule has 0 aliphatic heterocycles. The average molecular weight is 297 g/mol. The van der Waals surface area contributed by atoms with Gasteiger partial charge in [0.2, 0.25) is 0 Å². The number of aryl methyl sites for hydroxylation is 1. The monoisotopic (exact) mass is 297 g/mol. The molecule has 0 saturated carbocycles. The molecule has 1 aromatic carbocycles. The van der Waals surface area contributed by atoms with E-state index in [0.717, 1.165) is 24.3 Å². The van der Waals surface area contributed by atoms with E-state index >= 15 is 0 Å². The Morgan fingerprint density at radius 1 is 0.955 bits per heavy atom. The average Bonchev–Trinajstić information content (AvgIpc) is 2.58. The molecule has 2 aromatic rings. The zero-order chi connectivity index (χ0) is 15.8. The summed E-state index contributed by atoms with van der Waals surface area (Å²) >= 11 is 0. The van der Waals surface area contributed by atoms with Crippen molar-refractivity contribution in [1.82, 2.24) is 4.98 Å². The second kappa shape index (κ2) is 8.57. The third kappa shape index (κ3) is 3.88. The van der Waals surface area contributed by atoms with Crippen LogP contribution in [0.25, 0.3) is 11.3 Å². The zero-order valence-electron chi connectivity index (χ0n) is 14.1. The Bertz CT molecular complexity index is 578. The second-order valence-electron chi connectivity index (χ2n) is 5.70. The summed E-state index contributed by atoms with van der Waals surface area (Å²) < 4.78 is 5.64. The second-order valence-corrected chi connectivity index (χ2v) is 5.70. The van der Waals surface area contributed by atoms with Crippen molar-refractivity contribution in [1.29, 1.82) is 0 Å². The molecule has 22 heavy (non-hydrogen) atoms. The van der Waals surface area contributed by atoms with Crippen molar-refractivity contribution in [2.45, 2.75) is 52.4 Å². The van der Waals surface area contributed by atoms with E-state index in [1.807, 2.05) is 12.3 Å². The van der Waals surface area contributed by atoms with Gasteiger partial charge in [0, 0.05) is 17.3 Å². The topological polar surface area (TPSA) is 22.1 Å². The summed E-state index contributed by atoms with van der Waals surface area (Å²) in [5, 5.41) is 0. The van der Waals surface area contributed by atoms with Crippen LogP contribution in [0, 0.1) is 0 Å². The summed E-state index contributed by atoms with van der Waals surface area (Å²) in [7, 11) is 1.76. The molecule has 0 spiro atoms. The molecule has 118 valence electrons. The molecule has 1 heterocycles. The highest BCUT2D eigenvalue weighted by atomic mass is 16.5. The van der Waals surface area contributed by atoms with E-state index in [-0.39, 0.29) is 0 Å². The highest BCUT2D eigenvalue weighted by Gasteiger charge is 2.16. The predicted molar refractivity (Wildman–Crippen MR) is 93.4 cm³/mol. The van der Waals surface area contributed by atoms with Gasteiger partial charge in [-0.25, -0.2) is 0 Å². The quantitative estimate of drug-likeness (QED) is 0.647. The van der Waals surface area contributed by atoms with Crippen LogP contribution < -0.4 is 4.74 Å². The van der Waals surface area contributed by atoms with Crippen LogP contribution in [0.15, 0.2) is 36.5 Å². The van der Waals surface area contributed by atoms with Gasteiger partial charge in [-0.15, -0.1) is 0 Å². The fraction of sp³-hybridized carbons (Fsp3) is 0.450. The minimum Gasteiger partial charge on any atom is -0.496 e. The van der Waals surface area contributed by atoms with Crippen molar-refractivity contribution in [3.63, 3.8) is 0 Å². The number of aromatic nitrogens is 1. The van der Waals surface area contributed by atoms with Crippen molar-refractivity contribution in [2.75, 3.05) is 7.11 Å². The molecule has 0 radical (unpaired) electrons. The van der Waals surface area contributed by atoms with Crippen LogP contribution in [0.4, 0.5) is 0 Å². The fourth-order valence-corrected chi connectivity index (χ4v) is 2.88. The van der Waals surface area contributed by atoms with Crippen molar-refractivity contribution in [2.24, 2.45) is 0 Å². The van der Waals surface area contributed by atoms with E-state index in [2.05, 4.69) is 43.1 Å². The lowest BCUT2D eigenvalue weighted by Gasteiger charge is -2.18. The molecule has 0 N–H and O–H groups in total. The maximum absolute atomic E-state index is 5.64. The number of hydrogen-bond acceptors (Lipinski definition) is 2. The molecule has 2 heteroatoms. The summed E-state index contributed by atoms with van der Waals surface area (Å²) in [5.74, 6) is 0.995. The Kier molecular flexibility index (Phi) is 6.45. The van der Waals surface area contributed by atoms with E-state index in [9.17, 15) is 0 Å². The summed E-state index contributed by atoms with van der Waals surface area (Å²) in [5.41, 5.74) is 5.07. The van der Waals surface area contributed by atoms with Gasteiger partial charge in [-0.3, -0.25) is 4.98 Å². The molecular weight excluding hydrogens is 270 g/mol. The normalized spacial score (nSPS) is 10.7. The number of ether oxygens (including phenoxy) is 1. The van der Waals surface area contributed by atoms with Crippen LogP contribution in [0.3, 0.4) is 0 Å². The molecule has 2 rings (SSSR count). The lowest BCUT2D eigenvalue weighted by molar-refractivity contribution is 0.409.